The normalized spacial score (nSPS) is 14.4. The van der Waals surface area contributed by atoms with Crippen molar-refractivity contribution >= 4 is 0 Å². The van der Waals surface area contributed by atoms with Crippen LogP contribution in [0.25, 0.3) is 101 Å². The number of pyridine rings is 6. The maximum absolute atomic E-state index is 7.57. The highest BCUT2D eigenvalue weighted by Crippen LogP contribution is 2.52. The molecular weight excluding hydrogens is 1080 g/mol. The molecule has 0 amide bonds. The van der Waals surface area contributed by atoms with Gasteiger partial charge in [-0.3, -0.25) is 15.0 Å². The van der Waals surface area contributed by atoms with Crippen LogP contribution in [0.5, 0.6) is 0 Å². The molecule has 89 heavy (non-hydrogen) atoms. The minimum Gasteiger partial charge on any atom is -0.260 e. The molecule has 6 nitrogen and oxygen atoms in total. The van der Waals surface area contributed by atoms with Crippen LogP contribution in [0.2, 0.25) is 0 Å². The Morgan fingerprint density at radius 1 is 0.303 bits per heavy atom. The van der Waals surface area contributed by atoms with Crippen LogP contribution in [0.4, 0.5) is 0 Å². The van der Waals surface area contributed by atoms with Crippen LogP contribution in [0.1, 0.15) is 107 Å². The maximum atomic E-state index is 7.57. The topological polar surface area (TPSA) is 50.3 Å². The first-order valence-corrected chi connectivity index (χ1v) is 31.0. The lowest BCUT2D eigenvalue weighted by Crippen LogP contribution is -2.31. The molecule has 0 saturated carbocycles. The second-order valence-electron chi connectivity index (χ2n) is 26.3. The number of aromatic nitrogens is 6. The number of benzene rings is 6. The van der Waals surface area contributed by atoms with Crippen LogP contribution in [0.15, 0.2) is 225 Å². The molecule has 12 aromatic rings. The van der Waals surface area contributed by atoms with Crippen molar-refractivity contribution in [2.45, 2.75) is 92.3 Å². The number of rotatable bonds is 6. The van der Waals surface area contributed by atoms with Gasteiger partial charge in [-0.1, -0.05) is 168 Å². The van der Waals surface area contributed by atoms with E-state index in [2.05, 4.69) is 268 Å². The predicted octanol–water partition coefficient (Wildman–Crippen LogP) is 18.2. The highest BCUT2D eigenvalue weighted by molar-refractivity contribution is 5.86. The fourth-order valence-electron chi connectivity index (χ4n) is 14.1. The van der Waals surface area contributed by atoms with Crippen LogP contribution < -0.4 is 13.7 Å². The van der Waals surface area contributed by atoms with Crippen LogP contribution in [0.3, 0.4) is 0 Å². The van der Waals surface area contributed by atoms with Crippen molar-refractivity contribution in [2.75, 3.05) is 0 Å². The Balaban J connectivity index is 0.000000126. The van der Waals surface area contributed by atoms with E-state index < -0.39 is 6.85 Å². The molecule has 0 spiro atoms. The van der Waals surface area contributed by atoms with Gasteiger partial charge in [0.2, 0.25) is 17.1 Å². The average Bonchev–Trinajstić information content (AvgIpc) is 1.59. The largest absolute Gasteiger partial charge is 0.260 e. The third kappa shape index (κ3) is 10.3. The van der Waals surface area contributed by atoms with Gasteiger partial charge in [-0.15, -0.1) is 0 Å². The lowest BCUT2D eigenvalue weighted by atomic mass is 9.83. The molecule has 0 fully saturated rings. The molecule has 3 aliphatic rings. The molecule has 0 atom stereocenters. The standard InChI is InChI=1S/2C28H27N2.C27H25N2/c2*1-18-8-10-20(11-9-18)21-12-13-26(30(5)17-21)23-16-25-24(15-19(23)2)22-7-6-14-29-27(22)28(25,3)4;1-18-15-23-21-11-8-14-28-26(21)27(2,3)24(23)16-22(18)25-13-12-20(17-29(25)4)19-9-6-5-7-10-19/h2*6-17H,1-5H3;5-17H,1-4H3/q3*+1/i1D3;;. The summed E-state index contributed by atoms with van der Waals surface area (Å²) < 4.78 is 29.4. The molecule has 438 valence electrons. The summed E-state index contributed by atoms with van der Waals surface area (Å²) in [6, 6.07) is 66.3. The van der Waals surface area contributed by atoms with Crippen molar-refractivity contribution in [3.05, 3.63) is 287 Å². The first-order valence-electron chi connectivity index (χ1n) is 32.5. The summed E-state index contributed by atoms with van der Waals surface area (Å²) >= 11 is 0. The molecule has 0 saturated heterocycles. The SMILES string of the molecule is Cc1cc2c(cc1-c1ccc(-c3ccccc3)c[n+]1C)C(C)(C)c1ncccc1-2.Cc1ccc(-c2ccc(-c3cc4c(cc3C)-c3cccnc3C4(C)C)[n+](C)c2)cc1.[2H]C([2H])([2H])c1ccc(-c2ccc(-c3cc4c(cc3C)-c3cccnc3C4(C)C)[n+](C)c2)cc1. The van der Waals surface area contributed by atoms with Crippen molar-refractivity contribution in [3.63, 3.8) is 0 Å². The van der Waals surface area contributed by atoms with Gasteiger partial charge in [0.15, 0.2) is 18.6 Å². The highest BCUT2D eigenvalue weighted by atomic mass is 14.9. The fraction of sp³-hybridized carbons (Fsp3) is 0.205. The Bertz CT molecular complexity index is 4880. The number of fused-ring (bicyclic) bond motifs is 9. The van der Waals surface area contributed by atoms with Crippen molar-refractivity contribution in [2.24, 2.45) is 21.1 Å². The van der Waals surface area contributed by atoms with Gasteiger partial charge in [0.05, 0.1) is 17.1 Å². The van der Waals surface area contributed by atoms with E-state index in [0.29, 0.717) is 5.56 Å². The Kier molecular flexibility index (Phi) is 13.8. The third-order valence-corrected chi connectivity index (χ3v) is 19.1. The smallest absolute Gasteiger partial charge is 0.212 e. The van der Waals surface area contributed by atoms with Gasteiger partial charge in [0, 0.05) is 107 Å². The number of aryl methyl sites for hydroxylation is 8. The maximum Gasteiger partial charge on any atom is 0.212 e. The lowest BCUT2D eigenvalue weighted by Gasteiger charge is -2.21. The van der Waals surface area contributed by atoms with E-state index in [1.807, 2.05) is 48.9 Å². The molecule has 0 bridgehead atoms. The fourth-order valence-corrected chi connectivity index (χ4v) is 14.1. The van der Waals surface area contributed by atoms with Crippen LogP contribution >= 0.6 is 0 Å². The second-order valence-corrected chi connectivity index (χ2v) is 26.3. The Labute approximate surface area is 530 Å². The highest BCUT2D eigenvalue weighted by Gasteiger charge is 2.41. The van der Waals surface area contributed by atoms with E-state index in [4.69, 9.17) is 19.1 Å². The summed E-state index contributed by atoms with van der Waals surface area (Å²) in [4.78, 5) is 14.1. The molecule has 6 heteroatoms. The third-order valence-electron chi connectivity index (χ3n) is 19.1. The first-order chi connectivity index (χ1) is 43.9. The molecule has 0 aliphatic heterocycles. The zero-order chi connectivity index (χ0) is 64.8. The van der Waals surface area contributed by atoms with Crippen LogP contribution in [-0.4, -0.2) is 15.0 Å². The molecule has 6 aromatic carbocycles. The predicted molar refractivity (Wildman–Crippen MR) is 365 cm³/mol. The quantitative estimate of drug-likeness (QED) is 0.156. The summed E-state index contributed by atoms with van der Waals surface area (Å²) in [5.41, 5.74) is 34.7. The van der Waals surface area contributed by atoms with Gasteiger partial charge >= 0.3 is 0 Å². The molecular formula is C83H79N6+3. The van der Waals surface area contributed by atoms with E-state index in [0.717, 1.165) is 22.5 Å². The summed E-state index contributed by atoms with van der Waals surface area (Å²) in [6.07, 6.45) is 12.2. The van der Waals surface area contributed by atoms with Crippen molar-refractivity contribution in [3.8, 4) is 101 Å². The van der Waals surface area contributed by atoms with Crippen LogP contribution in [-0.2, 0) is 37.4 Å². The summed E-state index contributed by atoms with van der Waals surface area (Å²) in [7, 11) is 6.33. The zero-order valence-corrected chi connectivity index (χ0v) is 53.5. The van der Waals surface area contributed by atoms with Crippen molar-refractivity contribution in [1.29, 1.82) is 0 Å². The monoisotopic (exact) mass is 1160 g/mol. The van der Waals surface area contributed by atoms with Crippen molar-refractivity contribution in [1.82, 2.24) is 15.0 Å². The molecule has 0 N–H and O–H groups in total. The zero-order valence-electron chi connectivity index (χ0n) is 56.5. The van der Waals surface area contributed by atoms with E-state index >= 15 is 0 Å². The van der Waals surface area contributed by atoms with E-state index in [-0.39, 0.29) is 16.2 Å². The molecule has 6 heterocycles. The van der Waals surface area contributed by atoms with Gasteiger partial charge in [0.25, 0.3) is 0 Å². The minimum atomic E-state index is -2.08. The van der Waals surface area contributed by atoms with Gasteiger partial charge < -0.3 is 0 Å². The lowest BCUT2D eigenvalue weighted by molar-refractivity contribution is -0.660. The van der Waals surface area contributed by atoms with E-state index in [1.165, 1.54) is 134 Å². The molecule has 3 aliphatic carbocycles. The number of hydrogen-bond donors (Lipinski definition) is 0. The molecule has 0 unspecified atom stereocenters. The van der Waals surface area contributed by atoms with Gasteiger partial charge in [-0.25, -0.2) is 13.7 Å². The minimum absolute atomic E-state index is 0.0864. The van der Waals surface area contributed by atoms with Gasteiger partial charge in [-0.2, -0.15) is 0 Å². The Morgan fingerprint density at radius 3 is 0.921 bits per heavy atom. The van der Waals surface area contributed by atoms with Gasteiger partial charge in [-0.05, 0) is 156 Å². The number of nitrogens with zero attached hydrogens (tertiary/aromatic N) is 6. The van der Waals surface area contributed by atoms with Crippen LogP contribution in [0, 0.1) is 34.5 Å². The number of hydrogen-bond acceptors (Lipinski definition) is 3. The van der Waals surface area contributed by atoms with Gasteiger partial charge in [0.1, 0.15) is 21.1 Å². The van der Waals surface area contributed by atoms with Crippen molar-refractivity contribution < 1.29 is 17.8 Å². The molecule has 0 radical (unpaired) electrons. The van der Waals surface area contributed by atoms with E-state index in [1.54, 1.807) is 12.1 Å². The summed E-state index contributed by atoms with van der Waals surface area (Å²) in [6.45, 7) is 20.2. The Hall–Kier alpha value is -9.78. The van der Waals surface area contributed by atoms with E-state index in [9.17, 15) is 0 Å². The first kappa shape index (κ1) is 54.6. The molecule has 6 aromatic heterocycles. The Morgan fingerprint density at radius 2 is 0.607 bits per heavy atom. The second kappa shape index (κ2) is 22.4. The summed E-state index contributed by atoms with van der Waals surface area (Å²) in [5, 5.41) is 0. The summed E-state index contributed by atoms with van der Waals surface area (Å²) in [5.74, 6) is 0. The molecule has 15 rings (SSSR count). The average molecular weight is 1160 g/mol.